The van der Waals surface area contributed by atoms with Crippen molar-refractivity contribution in [3.8, 4) is 5.75 Å². The highest BCUT2D eigenvalue weighted by atomic mass is 19.1. The van der Waals surface area contributed by atoms with E-state index >= 15 is 0 Å². The molecule has 0 atom stereocenters. The largest absolute Gasteiger partial charge is 0.487 e. The molecule has 0 aliphatic heterocycles. The van der Waals surface area contributed by atoms with E-state index in [9.17, 15) is 4.39 Å². The van der Waals surface area contributed by atoms with Crippen molar-refractivity contribution >= 4 is 16.6 Å². The monoisotopic (exact) mass is 268 g/mol. The average Bonchev–Trinajstić information content (AvgIpc) is 2.48. The number of hydrogen-bond donors (Lipinski definition) is 1. The summed E-state index contributed by atoms with van der Waals surface area (Å²) >= 11 is 0. The second-order valence-corrected chi connectivity index (χ2v) is 4.43. The fourth-order valence-electron chi connectivity index (χ4n) is 2.08. The van der Waals surface area contributed by atoms with Crippen LogP contribution in [0.15, 0.2) is 54.7 Å². The average molecular weight is 268 g/mol. The molecule has 0 aliphatic carbocycles. The number of nitrogens with two attached hydrogens (primary N) is 1. The zero-order chi connectivity index (χ0) is 13.9. The molecule has 0 bridgehead atoms. The van der Waals surface area contributed by atoms with Crippen LogP contribution in [0, 0.1) is 5.82 Å². The van der Waals surface area contributed by atoms with Gasteiger partial charge in [0.1, 0.15) is 18.2 Å². The van der Waals surface area contributed by atoms with Crippen LogP contribution in [0.2, 0.25) is 0 Å². The zero-order valence-corrected chi connectivity index (χ0v) is 10.7. The Morgan fingerprint density at radius 1 is 1.05 bits per heavy atom. The number of halogens is 1. The number of para-hydroxylation sites is 2. The number of hydrogen-bond acceptors (Lipinski definition) is 3. The highest BCUT2D eigenvalue weighted by Gasteiger charge is 2.08. The van der Waals surface area contributed by atoms with Crippen molar-refractivity contribution in [1.82, 2.24) is 4.98 Å². The molecule has 3 rings (SSSR count). The minimum absolute atomic E-state index is 0.281. The molecule has 2 N–H and O–H groups in total. The second kappa shape index (κ2) is 5.17. The third-order valence-corrected chi connectivity index (χ3v) is 3.10. The van der Waals surface area contributed by atoms with E-state index in [1.807, 2.05) is 12.1 Å². The molecule has 0 fully saturated rings. The van der Waals surface area contributed by atoms with E-state index < -0.39 is 0 Å². The Hall–Kier alpha value is -2.62. The van der Waals surface area contributed by atoms with Gasteiger partial charge in [0.25, 0.3) is 0 Å². The van der Waals surface area contributed by atoms with Gasteiger partial charge >= 0.3 is 0 Å². The first-order valence-electron chi connectivity index (χ1n) is 6.25. The molecule has 4 heteroatoms. The smallest absolute Gasteiger partial charge is 0.142 e. The molecule has 3 nitrogen and oxygen atoms in total. The number of nitrogen functional groups attached to an aromatic ring is 1. The van der Waals surface area contributed by atoms with Crippen molar-refractivity contribution in [2.45, 2.75) is 6.61 Å². The fourth-order valence-corrected chi connectivity index (χ4v) is 2.08. The van der Waals surface area contributed by atoms with Crippen molar-refractivity contribution in [3.05, 3.63) is 66.1 Å². The molecule has 0 saturated carbocycles. The molecule has 0 spiro atoms. The van der Waals surface area contributed by atoms with Gasteiger partial charge < -0.3 is 10.5 Å². The molecule has 1 aromatic heterocycles. The van der Waals surface area contributed by atoms with Gasteiger partial charge in [-0.25, -0.2) is 4.39 Å². The van der Waals surface area contributed by atoms with Crippen molar-refractivity contribution in [2.24, 2.45) is 0 Å². The fraction of sp³-hybridized carbons (Fsp3) is 0.0625. The number of rotatable bonds is 3. The molecule has 0 aliphatic rings. The Kier molecular flexibility index (Phi) is 3.21. The second-order valence-electron chi connectivity index (χ2n) is 4.43. The summed E-state index contributed by atoms with van der Waals surface area (Å²) < 4.78 is 19.4. The molecule has 3 aromatic rings. The maximum Gasteiger partial charge on any atom is 0.142 e. The minimum atomic E-state index is -0.281. The lowest BCUT2D eigenvalue weighted by molar-refractivity contribution is 0.309. The first-order chi connectivity index (χ1) is 9.75. The van der Waals surface area contributed by atoms with Gasteiger partial charge in [-0.1, -0.05) is 18.2 Å². The number of ether oxygens (including phenoxy) is 1. The van der Waals surface area contributed by atoms with Gasteiger partial charge in [0.15, 0.2) is 0 Å². The lowest BCUT2D eigenvalue weighted by atomic mass is 10.1. The summed E-state index contributed by atoms with van der Waals surface area (Å²) in [5, 5.41) is 0.495. The highest BCUT2D eigenvalue weighted by Crippen LogP contribution is 2.24. The van der Waals surface area contributed by atoms with E-state index in [0.29, 0.717) is 28.9 Å². The first kappa shape index (κ1) is 12.4. The van der Waals surface area contributed by atoms with Gasteiger partial charge in [-0.3, -0.25) is 4.98 Å². The normalized spacial score (nSPS) is 10.7. The lowest BCUT2D eigenvalue weighted by Gasteiger charge is -2.10. The van der Waals surface area contributed by atoms with Crippen LogP contribution in [-0.4, -0.2) is 4.98 Å². The van der Waals surface area contributed by atoms with E-state index in [4.69, 9.17) is 10.5 Å². The number of pyridine rings is 1. The topological polar surface area (TPSA) is 48.1 Å². The van der Waals surface area contributed by atoms with Crippen LogP contribution >= 0.6 is 0 Å². The van der Waals surface area contributed by atoms with Crippen molar-refractivity contribution in [3.63, 3.8) is 0 Å². The predicted molar refractivity (Wildman–Crippen MR) is 76.9 cm³/mol. The molecule has 0 saturated heterocycles. The summed E-state index contributed by atoms with van der Waals surface area (Å²) in [6.07, 6.45) is 1.64. The van der Waals surface area contributed by atoms with Crippen LogP contribution in [0.5, 0.6) is 5.75 Å². The van der Waals surface area contributed by atoms with E-state index in [-0.39, 0.29) is 5.82 Å². The molecular formula is C16H13FN2O. The van der Waals surface area contributed by atoms with E-state index in [1.165, 1.54) is 6.07 Å². The molecule has 2 aromatic carbocycles. The van der Waals surface area contributed by atoms with Crippen LogP contribution in [0.25, 0.3) is 10.9 Å². The van der Waals surface area contributed by atoms with Crippen LogP contribution in [0.4, 0.5) is 10.1 Å². The van der Waals surface area contributed by atoms with E-state index in [2.05, 4.69) is 4.98 Å². The van der Waals surface area contributed by atoms with E-state index in [1.54, 1.807) is 36.5 Å². The van der Waals surface area contributed by atoms with Crippen LogP contribution in [0.1, 0.15) is 5.56 Å². The number of benzene rings is 2. The standard InChI is InChI=1S/C16H13FN2O/c17-13-8-7-11(16-12(13)4-3-9-19-16)10-20-15-6-2-1-5-14(15)18/h1-9H,10,18H2. The third kappa shape index (κ3) is 2.28. The van der Waals surface area contributed by atoms with Crippen LogP contribution < -0.4 is 10.5 Å². The summed E-state index contributed by atoms with van der Waals surface area (Å²) in [4.78, 5) is 4.23. The number of anilines is 1. The summed E-state index contributed by atoms with van der Waals surface area (Å²) in [7, 11) is 0. The van der Waals surface area contributed by atoms with Gasteiger partial charge in [0.05, 0.1) is 11.2 Å². The molecule has 0 radical (unpaired) electrons. The Morgan fingerprint density at radius 2 is 1.90 bits per heavy atom. The summed E-state index contributed by atoms with van der Waals surface area (Å²) in [5.41, 5.74) is 7.83. The van der Waals surface area contributed by atoms with Crippen LogP contribution in [-0.2, 0) is 6.61 Å². The number of aromatic nitrogens is 1. The molecule has 100 valence electrons. The Bertz CT molecular complexity index is 758. The quantitative estimate of drug-likeness (QED) is 0.739. The zero-order valence-electron chi connectivity index (χ0n) is 10.7. The summed E-state index contributed by atoms with van der Waals surface area (Å²) in [5.74, 6) is 0.331. The SMILES string of the molecule is Nc1ccccc1OCc1ccc(F)c2cccnc12. The number of nitrogens with zero attached hydrogens (tertiary/aromatic N) is 1. The molecule has 20 heavy (non-hydrogen) atoms. The summed E-state index contributed by atoms with van der Waals surface area (Å²) in [6.45, 7) is 0.294. The van der Waals surface area contributed by atoms with Gasteiger partial charge in [-0.15, -0.1) is 0 Å². The number of fused-ring (bicyclic) bond motifs is 1. The van der Waals surface area contributed by atoms with Gasteiger partial charge in [-0.2, -0.15) is 0 Å². The Morgan fingerprint density at radius 3 is 2.75 bits per heavy atom. The maximum atomic E-state index is 13.7. The first-order valence-corrected chi connectivity index (χ1v) is 6.25. The van der Waals surface area contributed by atoms with E-state index in [0.717, 1.165) is 5.56 Å². The maximum absolute atomic E-state index is 13.7. The van der Waals surface area contributed by atoms with Crippen molar-refractivity contribution < 1.29 is 9.13 Å². The molecule has 0 unspecified atom stereocenters. The Labute approximate surface area is 115 Å². The molecule has 1 heterocycles. The van der Waals surface area contributed by atoms with Crippen molar-refractivity contribution in [2.75, 3.05) is 5.73 Å². The van der Waals surface area contributed by atoms with Gasteiger partial charge in [-0.05, 0) is 30.3 Å². The summed E-state index contributed by atoms with van der Waals surface area (Å²) in [6, 6.07) is 13.8. The predicted octanol–water partition coefficient (Wildman–Crippen LogP) is 3.54. The third-order valence-electron chi connectivity index (χ3n) is 3.10. The highest BCUT2D eigenvalue weighted by molar-refractivity contribution is 5.82. The van der Waals surface area contributed by atoms with Gasteiger partial charge in [0, 0.05) is 17.1 Å². The minimum Gasteiger partial charge on any atom is -0.487 e. The Balaban J connectivity index is 1.92. The molecule has 0 amide bonds. The van der Waals surface area contributed by atoms with Crippen molar-refractivity contribution in [1.29, 1.82) is 0 Å². The lowest BCUT2D eigenvalue weighted by Crippen LogP contribution is -2.00. The van der Waals surface area contributed by atoms with Gasteiger partial charge in [0.2, 0.25) is 0 Å². The van der Waals surface area contributed by atoms with Crippen LogP contribution in [0.3, 0.4) is 0 Å². The molecular weight excluding hydrogens is 255 g/mol.